The molecular weight excluding hydrogens is 405 g/mol. The zero-order valence-electron chi connectivity index (χ0n) is 17.6. The van der Waals surface area contributed by atoms with Gasteiger partial charge in [0.15, 0.2) is 0 Å². The molecule has 0 unspecified atom stereocenters. The van der Waals surface area contributed by atoms with Gasteiger partial charge in [0.1, 0.15) is 11.9 Å². The molecule has 162 valence electrons. The van der Waals surface area contributed by atoms with Gasteiger partial charge in [0.05, 0.1) is 17.6 Å². The third-order valence-electron chi connectivity index (χ3n) is 5.35. The number of sulfonamides is 1. The molecule has 1 saturated heterocycles. The van der Waals surface area contributed by atoms with Crippen LogP contribution in [0, 0.1) is 12.7 Å². The molecule has 30 heavy (non-hydrogen) atoms. The Balaban J connectivity index is 1.79. The highest BCUT2D eigenvalue weighted by Crippen LogP contribution is 2.26. The van der Waals surface area contributed by atoms with Gasteiger partial charge >= 0.3 is 0 Å². The predicted octanol–water partition coefficient (Wildman–Crippen LogP) is 3.03. The van der Waals surface area contributed by atoms with Gasteiger partial charge in [-0.05, 0) is 43.2 Å². The number of nitrogens with zero attached hydrogens (tertiary/aromatic N) is 3. The van der Waals surface area contributed by atoms with E-state index in [0.717, 1.165) is 11.8 Å². The third kappa shape index (κ3) is 4.75. The van der Waals surface area contributed by atoms with Crippen molar-refractivity contribution in [3.63, 3.8) is 0 Å². The number of para-hydroxylation sites is 1. The van der Waals surface area contributed by atoms with Crippen LogP contribution in [0.5, 0.6) is 0 Å². The number of benzene rings is 2. The summed E-state index contributed by atoms with van der Waals surface area (Å²) in [5, 5.41) is 0. The minimum absolute atomic E-state index is 0.224. The molecule has 0 N–H and O–H groups in total. The number of aryl methyl sites for hydroxylation is 1. The Morgan fingerprint density at radius 3 is 2.33 bits per heavy atom. The molecule has 1 aliphatic heterocycles. The predicted molar refractivity (Wildman–Crippen MR) is 118 cm³/mol. The Kier molecular flexibility index (Phi) is 6.65. The summed E-state index contributed by atoms with van der Waals surface area (Å²) in [6.45, 7) is 5.50. The fraction of sp³-hybridized carbons (Fsp3) is 0.409. The number of halogens is 1. The number of hydrogen-bond acceptors (Lipinski definition) is 4. The lowest BCUT2D eigenvalue weighted by Crippen LogP contribution is -2.56. The Bertz CT molecular complexity index is 1000. The van der Waals surface area contributed by atoms with Crippen molar-refractivity contribution in [2.45, 2.75) is 26.3 Å². The summed E-state index contributed by atoms with van der Waals surface area (Å²) >= 11 is 0. The lowest BCUT2D eigenvalue weighted by Gasteiger charge is -2.39. The highest BCUT2D eigenvalue weighted by molar-refractivity contribution is 7.92. The van der Waals surface area contributed by atoms with Crippen LogP contribution in [-0.2, 0) is 14.8 Å². The second-order valence-corrected chi connectivity index (χ2v) is 9.45. The minimum atomic E-state index is -3.66. The summed E-state index contributed by atoms with van der Waals surface area (Å²) in [6.07, 6.45) is 1.48. The zero-order valence-corrected chi connectivity index (χ0v) is 18.4. The van der Waals surface area contributed by atoms with Crippen LogP contribution in [0.15, 0.2) is 48.5 Å². The molecule has 0 aliphatic carbocycles. The van der Waals surface area contributed by atoms with Crippen molar-refractivity contribution in [3.8, 4) is 0 Å². The number of piperazine rings is 1. The lowest BCUT2D eigenvalue weighted by molar-refractivity contribution is -0.132. The number of rotatable bonds is 6. The average Bonchev–Trinajstić information content (AvgIpc) is 2.71. The maximum absolute atomic E-state index is 14.1. The van der Waals surface area contributed by atoms with Gasteiger partial charge in [-0.2, -0.15) is 0 Å². The van der Waals surface area contributed by atoms with Gasteiger partial charge in [-0.1, -0.05) is 31.2 Å². The van der Waals surface area contributed by atoms with E-state index in [4.69, 9.17) is 0 Å². The first-order valence-corrected chi connectivity index (χ1v) is 11.9. The van der Waals surface area contributed by atoms with Crippen molar-refractivity contribution in [3.05, 3.63) is 59.9 Å². The van der Waals surface area contributed by atoms with Crippen LogP contribution in [0.4, 0.5) is 15.8 Å². The van der Waals surface area contributed by atoms with Crippen LogP contribution in [0.1, 0.15) is 18.9 Å². The van der Waals surface area contributed by atoms with E-state index in [2.05, 4.69) is 0 Å². The number of amides is 1. The van der Waals surface area contributed by atoms with Crippen molar-refractivity contribution in [2.24, 2.45) is 0 Å². The van der Waals surface area contributed by atoms with E-state index in [1.807, 2.05) is 24.8 Å². The van der Waals surface area contributed by atoms with E-state index in [-0.39, 0.29) is 11.7 Å². The average molecular weight is 434 g/mol. The normalized spacial score (nSPS) is 15.7. The number of carbonyl (C=O) groups excluding carboxylic acids is 1. The van der Waals surface area contributed by atoms with E-state index in [1.165, 1.54) is 10.4 Å². The molecule has 6 nitrogen and oxygen atoms in total. The van der Waals surface area contributed by atoms with E-state index >= 15 is 0 Å². The monoisotopic (exact) mass is 433 g/mol. The summed E-state index contributed by atoms with van der Waals surface area (Å²) < 4.78 is 40.5. The van der Waals surface area contributed by atoms with E-state index < -0.39 is 16.1 Å². The summed E-state index contributed by atoms with van der Waals surface area (Å²) in [5.74, 6) is -0.510. The van der Waals surface area contributed by atoms with E-state index in [1.54, 1.807) is 41.3 Å². The van der Waals surface area contributed by atoms with Gasteiger partial charge in [0, 0.05) is 26.2 Å². The minimum Gasteiger partial charge on any atom is -0.366 e. The first kappa shape index (κ1) is 22.1. The number of carbonyl (C=O) groups is 1. The number of hydrogen-bond donors (Lipinski definition) is 0. The number of anilines is 2. The maximum Gasteiger partial charge on any atom is 0.246 e. The summed E-state index contributed by atoms with van der Waals surface area (Å²) in [7, 11) is -3.66. The molecule has 3 rings (SSSR count). The van der Waals surface area contributed by atoms with Gasteiger partial charge in [-0.25, -0.2) is 12.8 Å². The molecule has 1 atom stereocenters. The van der Waals surface area contributed by atoms with E-state index in [0.29, 0.717) is 44.0 Å². The topological polar surface area (TPSA) is 60.9 Å². The highest BCUT2D eigenvalue weighted by Gasteiger charge is 2.35. The van der Waals surface area contributed by atoms with Crippen LogP contribution in [0.3, 0.4) is 0 Å². The Morgan fingerprint density at radius 2 is 1.77 bits per heavy atom. The standard InChI is InChI=1S/C22H28FN3O3S/c1-4-20(26(30(3,28)29)18-9-7-8-17(2)16-18)22(27)25-14-12-24(13-15-25)21-11-6-5-10-19(21)23/h5-11,16,20H,4,12-15H2,1-3H3/t20-/m0/s1. The van der Waals surface area contributed by atoms with Crippen LogP contribution in [-0.4, -0.2) is 57.7 Å². The summed E-state index contributed by atoms with van der Waals surface area (Å²) in [6, 6.07) is 12.9. The maximum atomic E-state index is 14.1. The van der Waals surface area contributed by atoms with Crippen LogP contribution in [0.2, 0.25) is 0 Å². The smallest absolute Gasteiger partial charge is 0.246 e. The van der Waals surface area contributed by atoms with Crippen molar-refractivity contribution < 1.29 is 17.6 Å². The van der Waals surface area contributed by atoms with Gasteiger partial charge in [0.2, 0.25) is 15.9 Å². The molecular formula is C22H28FN3O3S. The SMILES string of the molecule is CC[C@@H](C(=O)N1CCN(c2ccccc2F)CC1)N(c1cccc(C)c1)S(C)(=O)=O. The molecule has 2 aromatic rings. The van der Waals surface area contributed by atoms with Gasteiger partial charge in [-0.15, -0.1) is 0 Å². The van der Waals surface area contributed by atoms with Crippen molar-refractivity contribution in [1.29, 1.82) is 0 Å². The summed E-state index contributed by atoms with van der Waals surface area (Å²) in [4.78, 5) is 16.9. The fourth-order valence-electron chi connectivity index (χ4n) is 3.90. The molecule has 1 aliphatic rings. The van der Waals surface area contributed by atoms with Crippen molar-refractivity contribution >= 4 is 27.3 Å². The van der Waals surface area contributed by atoms with Crippen LogP contribution >= 0.6 is 0 Å². The van der Waals surface area contributed by atoms with Gasteiger partial charge in [-0.3, -0.25) is 9.10 Å². The van der Waals surface area contributed by atoms with Gasteiger partial charge < -0.3 is 9.80 Å². The molecule has 1 amide bonds. The Hall–Kier alpha value is -2.61. The molecule has 1 heterocycles. The third-order valence-corrected chi connectivity index (χ3v) is 6.53. The first-order valence-electron chi connectivity index (χ1n) is 10.1. The van der Waals surface area contributed by atoms with Crippen LogP contribution < -0.4 is 9.21 Å². The molecule has 0 saturated carbocycles. The Morgan fingerprint density at radius 1 is 1.10 bits per heavy atom. The molecule has 0 aromatic heterocycles. The lowest BCUT2D eigenvalue weighted by atomic mass is 10.1. The summed E-state index contributed by atoms with van der Waals surface area (Å²) in [5.41, 5.74) is 1.93. The van der Waals surface area contributed by atoms with Crippen LogP contribution in [0.25, 0.3) is 0 Å². The quantitative estimate of drug-likeness (QED) is 0.703. The molecule has 2 aromatic carbocycles. The molecule has 0 bridgehead atoms. The molecule has 0 radical (unpaired) electrons. The van der Waals surface area contributed by atoms with Crippen molar-refractivity contribution in [1.82, 2.24) is 4.90 Å². The van der Waals surface area contributed by atoms with Gasteiger partial charge in [0.25, 0.3) is 0 Å². The Labute approximate surface area is 177 Å². The first-order chi connectivity index (χ1) is 14.2. The largest absolute Gasteiger partial charge is 0.366 e. The second kappa shape index (κ2) is 9.04. The molecule has 0 spiro atoms. The highest BCUT2D eigenvalue weighted by atomic mass is 32.2. The molecule has 8 heteroatoms. The fourth-order valence-corrected chi connectivity index (χ4v) is 5.09. The van der Waals surface area contributed by atoms with E-state index in [9.17, 15) is 17.6 Å². The zero-order chi connectivity index (χ0) is 21.9. The second-order valence-electron chi connectivity index (χ2n) is 7.59. The van der Waals surface area contributed by atoms with Crippen molar-refractivity contribution in [2.75, 3.05) is 41.6 Å². The molecule has 1 fully saturated rings.